The smallest absolute Gasteiger partial charge is 0.240 e. The molecule has 0 heterocycles. The van der Waals surface area contributed by atoms with Gasteiger partial charge in [0.15, 0.2) is 6.29 Å². The van der Waals surface area contributed by atoms with E-state index in [1.54, 1.807) is 0 Å². The molecule has 1 rings (SSSR count). The molecule has 0 saturated heterocycles. The fraction of sp³-hybridized carbons (Fsp3) is 0.909. The molecule has 0 radical (unpaired) electrons. The number of nitrogens with two attached hydrogens (primary N) is 1. The van der Waals surface area contributed by atoms with Crippen LogP contribution in [0.2, 0.25) is 0 Å². The van der Waals surface area contributed by atoms with Crippen LogP contribution in [0.1, 0.15) is 33.1 Å². The van der Waals surface area contributed by atoms with E-state index in [-0.39, 0.29) is 12.2 Å². The fourth-order valence-corrected chi connectivity index (χ4v) is 1.67. The minimum atomic E-state index is -0.650. The normalized spacial score (nSPS) is 18.2. The fourth-order valence-electron chi connectivity index (χ4n) is 1.67. The second kappa shape index (κ2) is 6.18. The highest BCUT2D eigenvalue weighted by molar-refractivity contribution is 5.86. The van der Waals surface area contributed by atoms with E-state index in [2.05, 4.69) is 5.32 Å². The molecule has 3 N–H and O–H groups in total. The number of nitrogens with one attached hydrogen (secondary N) is 1. The second-order valence-corrected chi connectivity index (χ2v) is 4.06. The van der Waals surface area contributed by atoms with Gasteiger partial charge in [0.2, 0.25) is 5.91 Å². The first kappa shape index (κ1) is 13.4. The van der Waals surface area contributed by atoms with Crippen molar-refractivity contribution in [2.24, 2.45) is 5.73 Å². The summed E-state index contributed by atoms with van der Waals surface area (Å²) in [4.78, 5) is 11.7. The number of hydrogen-bond donors (Lipinski definition) is 2. The van der Waals surface area contributed by atoms with Gasteiger partial charge >= 0.3 is 0 Å². The van der Waals surface area contributed by atoms with Crippen molar-refractivity contribution in [2.45, 2.75) is 44.9 Å². The summed E-state index contributed by atoms with van der Waals surface area (Å²) in [5.41, 5.74) is 5.24. The summed E-state index contributed by atoms with van der Waals surface area (Å²) >= 11 is 0. The van der Waals surface area contributed by atoms with Gasteiger partial charge in [0.25, 0.3) is 0 Å². The SMILES string of the molecule is CCOC(CNC(=O)C1(N)CCC1)OCC. The maximum absolute atomic E-state index is 11.7. The number of carbonyl (C=O) groups excluding carboxylic acids is 1. The monoisotopic (exact) mass is 230 g/mol. The van der Waals surface area contributed by atoms with Gasteiger partial charge in [-0.05, 0) is 33.1 Å². The Balaban J connectivity index is 2.27. The number of ether oxygens (including phenoxy) is 2. The Hall–Kier alpha value is -0.650. The molecule has 5 heteroatoms. The van der Waals surface area contributed by atoms with Crippen molar-refractivity contribution in [3.8, 4) is 0 Å². The van der Waals surface area contributed by atoms with Crippen molar-refractivity contribution in [1.82, 2.24) is 5.32 Å². The van der Waals surface area contributed by atoms with Crippen LogP contribution < -0.4 is 11.1 Å². The minimum Gasteiger partial charge on any atom is -0.351 e. The van der Waals surface area contributed by atoms with Crippen LogP contribution in [0.15, 0.2) is 0 Å². The van der Waals surface area contributed by atoms with E-state index < -0.39 is 5.54 Å². The topological polar surface area (TPSA) is 73.6 Å². The third-order valence-electron chi connectivity index (χ3n) is 2.83. The number of hydrogen-bond acceptors (Lipinski definition) is 4. The van der Waals surface area contributed by atoms with Crippen LogP contribution >= 0.6 is 0 Å². The number of rotatable bonds is 7. The van der Waals surface area contributed by atoms with Gasteiger partial charge in [-0.25, -0.2) is 0 Å². The third-order valence-corrected chi connectivity index (χ3v) is 2.83. The molecule has 1 saturated carbocycles. The van der Waals surface area contributed by atoms with Crippen LogP contribution in [0.25, 0.3) is 0 Å². The Morgan fingerprint density at radius 1 is 1.38 bits per heavy atom. The van der Waals surface area contributed by atoms with Crippen LogP contribution in [-0.2, 0) is 14.3 Å². The lowest BCUT2D eigenvalue weighted by molar-refractivity contribution is -0.144. The van der Waals surface area contributed by atoms with Gasteiger partial charge < -0.3 is 20.5 Å². The first-order valence-electron chi connectivity index (χ1n) is 5.92. The average Bonchev–Trinajstić information content (AvgIpc) is 2.22. The van der Waals surface area contributed by atoms with Gasteiger partial charge in [0, 0.05) is 13.2 Å². The zero-order chi connectivity index (χ0) is 12.0. The van der Waals surface area contributed by atoms with E-state index in [9.17, 15) is 4.79 Å². The van der Waals surface area contributed by atoms with Crippen molar-refractivity contribution in [3.05, 3.63) is 0 Å². The summed E-state index contributed by atoms with van der Waals surface area (Å²) in [5.74, 6) is -0.0943. The Bertz CT molecular complexity index is 223. The minimum absolute atomic E-state index is 0.0943. The zero-order valence-electron chi connectivity index (χ0n) is 10.1. The number of carbonyl (C=O) groups is 1. The Morgan fingerprint density at radius 2 is 1.94 bits per heavy atom. The molecule has 0 unspecified atom stereocenters. The Labute approximate surface area is 96.7 Å². The lowest BCUT2D eigenvalue weighted by Gasteiger charge is -2.36. The lowest BCUT2D eigenvalue weighted by Crippen LogP contribution is -2.59. The predicted octanol–water partition coefficient (Wildman–Crippen LogP) is 0.383. The maximum atomic E-state index is 11.7. The molecule has 5 nitrogen and oxygen atoms in total. The summed E-state index contributed by atoms with van der Waals surface area (Å²) in [6.07, 6.45) is 2.20. The molecule has 0 aromatic heterocycles. The van der Waals surface area contributed by atoms with Crippen molar-refractivity contribution in [3.63, 3.8) is 0 Å². The summed E-state index contributed by atoms with van der Waals surface area (Å²) in [7, 11) is 0. The van der Waals surface area contributed by atoms with Gasteiger partial charge in [0.1, 0.15) is 0 Å². The van der Waals surface area contributed by atoms with E-state index in [1.165, 1.54) is 0 Å². The van der Waals surface area contributed by atoms with Crippen molar-refractivity contribution in [1.29, 1.82) is 0 Å². The van der Waals surface area contributed by atoms with Gasteiger partial charge in [-0.1, -0.05) is 0 Å². The summed E-state index contributed by atoms with van der Waals surface area (Å²) in [6.45, 7) is 5.27. The van der Waals surface area contributed by atoms with Crippen LogP contribution in [0.4, 0.5) is 0 Å². The van der Waals surface area contributed by atoms with Gasteiger partial charge in [-0.3, -0.25) is 4.79 Å². The summed E-state index contributed by atoms with van der Waals surface area (Å²) in [5, 5.41) is 2.78. The lowest BCUT2D eigenvalue weighted by atomic mass is 9.77. The van der Waals surface area contributed by atoms with Gasteiger partial charge in [-0.2, -0.15) is 0 Å². The van der Waals surface area contributed by atoms with E-state index in [4.69, 9.17) is 15.2 Å². The standard InChI is InChI=1S/C11H22N2O3/c1-3-15-9(16-4-2)8-13-10(14)11(12)6-5-7-11/h9H,3-8,12H2,1-2H3,(H,13,14). The molecule has 1 fully saturated rings. The number of amides is 1. The molecule has 1 aliphatic carbocycles. The Kier molecular flexibility index (Phi) is 5.18. The molecule has 1 amide bonds. The molecule has 1 aliphatic rings. The third kappa shape index (κ3) is 3.43. The molecule has 0 bridgehead atoms. The van der Waals surface area contributed by atoms with Gasteiger partial charge in [-0.15, -0.1) is 0 Å². The van der Waals surface area contributed by atoms with Crippen LogP contribution in [0, 0.1) is 0 Å². The van der Waals surface area contributed by atoms with Crippen LogP contribution in [-0.4, -0.2) is 37.5 Å². The average molecular weight is 230 g/mol. The highest BCUT2D eigenvalue weighted by Gasteiger charge is 2.40. The molecule has 0 atom stereocenters. The molecular formula is C11H22N2O3. The maximum Gasteiger partial charge on any atom is 0.240 e. The summed E-state index contributed by atoms with van der Waals surface area (Å²) in [6, 6.07) is 0. The molecule has 0 aliphatic heterocycles. The van der Waals surface area contributed by atoms with E-state index in [1.807, 2.05) is 13.8 Å². The van der Waals surface area contributed by atoms with Crippen molar-refractivity contribution in [2.75, 3.05) is 19.8 Å². The second-order valence-electron chi connectivity index (χ2n) is 4.06. The van der Waals surface area contributed by atoms with Crippen molar-refractivity contribution >= 4 is 5.91 Å². The Morgan fingerprint density at radius 3 is 2.31 bits per heavy atom. The zero-order valence-corrected chi connectivity index (χ0v) is 10.1. The van der Waals surface area contributed by atoms with Crippen molar-refractivity contribution < 1.29 is 14.3 Å². The molecule has 16 heavy (non-hydrogen) atoms. The van der Waals surface area contributed by atoms with Gasteiger partial charge in [0.05, 0.1) is 12.1 Å². The van der Waals surface area contributed by atoms with Crippen LogP contribution in [0.3, 0.4) is 0 Å². The first-order valence-corrected chi connectivity index (χ1v) is 5.92. The highest BCUT2D eigenvalue weighted by Crippen LogP contribution is 2.28. The predicted molar refractivity (Wildman–Crippen MR) is 60.8 cm³/mol. The van der Waals surface area contributed by atoms with E-state index >= 15 is 0 Å². The largest absolute Gasteiger partial charge is 0.351 e. The van der Waals surface area contributed by atoms with E-state index in [0.29, 0.717) is 19.8 Å². The molecule has 0 aromatic rings. The van der Waals surface area contributed by atoms with Crippen LogP contribution in [0.5, 0.6) is 0 Å². The first-order chi connectivity index (χ1) is 7.62. The molecule has 0 spiro atoms. The molecular weight excluding hydrogens is 208 g/mol. The summed E-state index contributed by atoms with van der Waals surface area (Å²) < 4.78 is 10.6. The molecule has 0 aromatic carbocycles. The highest BCUT2D eigenvalue weighted by atomic mass is 16.7. The molecule has 94 valence electrons. The quantitative estimate of drug-likeness (QED) is 0.620. The van der Waals surface area contributed by atoms with E-state index in [0.717, 1.165) is 19.3 Å².